The molecule has 0 aliphatic carbocycles. The molecule has 0 bridgehead atoms. The van der Waals surface area contributed by atoms with Crippen molar-refractivity contribution in [2.75, 3.05) is 11.4 Å². The van der Waals surface area contributed by atoms with Gasteiger partial charge in [-0.05, 0) is 31.9 Å². The van der Waals surface area contributed by atoms with E-state index in [1.165, 1.54) is 6.07 Å². The Balaban J connectivity index is 2.37. The highest BCUT2D eigenvalue weighted by Crippen LogP contribution is 2.25. The minimum atomic E-state index is -0.975. The zero-order valence-electron chi connectivity index (χ0n) is 8.98. The van der Waals surface area contributed by atoms with Crippen molar-refractivity contribution in [2.45, 2.75) is 25.8 Å². The van der Waals surface area contributed by atoms with E-state index in [0.717, 1.165) is 19.4 Å². The van der Waals surface area contributed by atoms with Gasteiger partial charge in [-0.15, -0.1) is 0 Å². The Hall–Kier alpha value is -1.29. The van der Waals surface area contributed by atoms with Crippen LogP contribution in [0.3, 0.4) is 0 Å². The summed E-state index contributed by atoms with van der Waals surface area (Å²) in [7, 11) is 0. The van der Waals surface area contributed by atoms with Crippen molar-refractivity contribution in [3.05, 3.63) is 22.8 Å². The summed E-state index contributed by atoms with van der Waals surface area (Å²) in [5.74, 6) is -0.313. The molecule has 5 heteroatoms. The SMILES string of the molecule is CC1CCCN1c1cc(C(=O)O)cc(Cl)n1. The summed E-state index contributed by atoms with van der Waals surface area (Å²) in [6.07, 6.45) is 2.22. The van der Waals surface area contributed by atoms with E-state index in [1.807, 2.05) is 0 Å². The predicted octanol–water partition coefficient (Wildman–Crippen LogP) is 2.42. The quantitative estimate of drug-likeness (QED) is 0.807. The first-order valence-electron chi connectivity index (χ1n) is 5.25. The molecule has 16 heavy (non-hydrogen) atoms. The summed E-state index contributed by atoms with van der Waals surface area (Å²) in [5.41, 5.74) is 0.189. The van der Waals surface area contributed by atoms with Gasteiger partial charge in [0.15, 0.2) is 0 Å². The Bertz CT molecular complexity index is 422. The molecule has 0 amide bonds. The summed E-state index contributed by atoms with van der Waals surface area (Å²) < 4.78 is 0. The minimum absolute atomic E-state index is 0.189. The first-order valence-corrected chi connectivity index (χ1v) is 5.63. The van der Waals surface area contributed by atoms with Crippen molar-refractivity contribution in [2.24, 2.45) is 0 Å². The van der Waals surface area contributed by atoms with Gasteiger partial charge in [0.25, 0.3) is 0 Å². The third-order valence-electron chi connectivity index (χ3n) is 2.87. The van der Waals surface area contributed by atoms with Crippen LogP contribution in [0.15, 0.2) is 12.1 Å². The van der Waals surface area contributed by atoms with E-state index in [9.17, 15) is 4.79 Å². The maximum atomic E-state index is 10.9. The second-order valence-corrected chi connectivity index (χ2v) is 4.41. The van der Waals surface area contributed by atoms with Crippen LogP contribution in [0.4, 0.5) is 5.82 Å². The van der Waals surface area contributed by atoms with E-state index >= 15 is 0 Å². The summed E-state index contributed by atoms with van der Waals surface area (Å²) in [5, 5.41) is 9.17. The number of carboxylic acid groups (broad SMARTS) is 1. The molecule has 1 fully saturated rings. The van der Waals surface area contributed by atoms with Crippen molar-refractivity contribution in [1.82, 2.24) is 4.98 Å². The molecule has 0 spiro atoms. The van der Waals surface area contributed by atoms with E-state index in [4.69, 9.17) is 16.7 Å². The second kappa shape index (κ2) is 4.29. The van der Waals surface area contributed by atoms with E-state index < -0.39 is 5.97 Å². The van der Waals surface area contributed by atoms with Crippen molar-refractivity contribution in [1.29, 1.82) is 0 Å². The smallest absolute Gasteiger partial charge is 0.335 e. The third kappa shape index (κ3) is 2.11. The number of hydrogen-bond acceptors (Lipinski definition) is 3. The predicted molar refractivity (Wildman–Crippen MR) is 62.2 cm³/mol. The molecule has 0 saturated carbocycles. The maximum Gasteiger partial charge on any atom is 0.335 e. The van der Waals surface area contributed by atoms with Crippen LogP contribution in [0, 0.1) is 0 Å². The van der Waals surface area contributed by atoms with E-state index in [-0.39, 0.29) is 10.7 Å². The molecule has 1 saturated heterocycles. The fraction of sp³-hybridized carbons (Fsp3) is 0.455. The first-order chi connectivity index (χ1) is 7.58. The fourth-order valence-electron chi connectivity index (χ4n) is 2.03. The average Bonchev–Trinajstić information content (AvgIpc) is 2.63. The highest BCUT2D eigenvalue weighted by Gasteiger charge is 2.22. The monoisotopic (exact) mass is 240 g/mol. The topological polar surface area (TPSA) is 53.4 Å². The van der Waals surface area contributed by atoms with Crippen molar-refractivity contribution in [3.8, 4) is 0 Å². The van der Waals surface area contributed by atoms with Gasteiger partial charge in [0, 0.05) is 12.6 Å². The van der Waals surface area contributed by atoms with Crippen molar-refractivity contribution in [3.63, 3.8) is 0 Å². The Morgan fingerprint density at radius 1 is 1.62 bits per heavy atom. The molecule has 2 rings (SSSR count). The number of anilines is 1. The van der Waals surface area contributed by atoms with Crippen LogP contribution in [0.1, 0.15) is 30.1 Å². The van der Waals surface area contributed by atoms with Gasteiger partial charge in [-0.2, -0.15) is 0 Å². The van der Waals surface area contributed by atoms with Gasteiger partial charge >= 0.3 is 5.97 Å². The van der Waals surface area contributed by atoms with Gasteiger partial charge in [-0.25, -0.2) is 9.78 Å². The summed E-state index contributed by atoms with van der Waals surface area (Å²) in [6, 6.07) is 3.34. The zero-order valence-corrected chi connectivity index (χ0v) is 9.74. The molecule has 2 heterocycles. The molecule has 1 aliphatic heterocycles. The minimum Gasteiger partial charge on any atom is -0.478 e. The number of aromatic carboxylic acids is 1. The van der Waals surface area contributed by atoms with Crippen LogP contribution in [0.2, 0.25) is 5.15 Å². The maximum absolute atomic E-state index is 10.9. The standard InChI is InChI=1S/C11H13ClN2O2/c1-7-3-2-4-14(7)10-6-8(11(15)16)5-9(12)13-10/h5-7H,2-4H2,1H3,(H,15,16). The van der Waals surface area contributed by atoms with Gasteiger partial charge in [0.1, 0.15) is 11.0 Å². The summed E-state index contributed by atoms with van der Waals surface area (Å²) in [4.78, 5) is 17.2. The van der Waals surface area contributed by atoms with Crippen LogP contribution in [-0.4, -0.2) is 28.6 Å². The number of hydrogen-bond donors (Lipinski definition) is 1. The van der Waals surface area contributed by atoms with Gasteiger partial charge in [0.05, 0.1) is 5.56 Å². The third-order valence-corrected chi connectivity index (χ3v) is 3.07. The number of carbonyl (C=O) groups is 1. The van der Waals surface area contributed by atoms with Crippen LogP contribution < -0.4 is 4.90 Å². The van der Waals surface area contributed by atoms with Gasteiger partial charge in [0.2, 0.25) is 0 Å². The van der Waals surface area contributed by atoms with Gasteiger partial charge < -0.3 is 10.0 Å². The molecule has 1 N–H and O–H groups in total. The van der Waals surface area contributed by atoms with E-state index in [2.05, 4.69) is 16.8 Å². The van der Waals surface area contributed by atoms with Crippen molar-refractivity contribution >= 4 is 23.4 Å². The molecule has 4 nitrogen and oxygen atoms in total. The largest absolute Gasteiger partial charge is 0.478 e. The average molecular weight is 241 g/mol. The van der Waals surface area contributed by atoms with Gasteiger partial charge in [-0.1, -0.05) is 11.6 Å². The van der Waals surface area contributed by atoms with Gasteiger partial charge in [-0.3, -0.25) is 0 Å². The molecule has 1 aromatic rings. The molecular weight excluding hydrogens is 228 g/mol. The molecule has 0 radical (unpaired) electrons. The van der Waals surface area contributed by atoms with Crippen LogP contribution in [0.5, 0.6) is 0 Å². The Labute approximate surface area is 98.9 Å². The molecule has 1 aliphatic rings. The number of carboxylic acids is 1. The van der Waals surface area contributed by atoms with Crippen LogP contribution in [-0.2, 0) is 0 Å². The number of pyridine rings is 1. The molecule has 1 atom stereocenters. The lowest BCUT2D eigenvalue weighted by atomic mass is 10.2. The number of nitrogens with zero attached hydrogens (tertiary/aromatic N) is 2. The van der Waals surface area contributed by atoms with E-state index in [0.29, 0.717) is 11.9 Å². The molecule has 86 valence electrons. The lowest BCUT2D eigenvalue weighted by molar-refractivity contribution is 0.0697. The Morgan fingerprint density at radius 3 is 2.94 bits per heavy atom. The van der Waals surface area contributed by atoms with Crippen molar-refractivity contribution < 1.29 is 9.90 Å². The fourth-order valence-corrected chi connectivity index (χ4v) is 2.23. The number of halogens is 1. The Morgan fingerprint density at radius 2 is 2.38 bits per heavy atom. The highest BCUT2D eigenvalue weighted by molar-refractivity contribution is 6.29. The van der Waals surface area contributed by atoms with Crippen LogP contribution >= 0.6 is 11.6 Å². The highest BCUT2D eigenvalue weighted by atomic mass is 35.5. The number of rotatable bonds is 2. The van der Waals surface area contributed by atoms with Crippen LogP contribution in [0.25, 0.3) is 0 Å². The molecule has 1 aromatic heterocycles. The first kappa shape index (κ1) is 11.2. The lowest BCUT2D eigenvalue weighted by Crippen LogP contribution is -2.27. The molecule has 0 aromatic carbocycles. The lowest BCUT2D eigenvalue weighted by Gasteiger charge is -2.22. The summed E-state index contributed by atoms with van der Waals surface area (Å²) >= 11 is 5.82. The summed E-state index contributed by atoms with van der Waals surface area (Å²) in [6.45, 7) is 3.02. The van der Waals surface area contributed by atoms with E-state index in [1.54, 1.807) is 6.07 Å². The Kier molecular flexibility index (Phi) is 3.01. The number of aromatic nitrogens is 1. The normalized spacial score (nSPS) is 20.1. The molecular formula is C11H13ClN2O2. The second-order valence-electron chi connectivity index (χ2n) is 4.03. The zero-order chi connectivity index (χ0) is 11.7. The molecule has 1 unspecified atom stereocenters.